The van der Waals surface area contributed by atoms with Crippen LogP contribution in [-0.4, -0.2) is 19.2 Å². The minimum atomic E-state index is -0.424. The van der Waals surface area contributed by atoms with Crippen LogP contribution in [0.4, 0.5) is 11.4 Å². The molecule has 0 spiro atoms. The van der Waals surface area contributed by atoms with Crippen LogP contribution in [0.15, 0.2) is 83.0 Å². The standard InChI is InChI=1S/C28H32N2O4/c1-4-5-6-19-32-25-13-7-22(8-14-25)28(31)34-27-17-11-24(12-18-27)30-29-23-9-15-26(16-10-23)33-20-21(2)3/h7-18,21H,4-6,19-20H2,1-3H3. The molecule has 0 heterocycles. The van der Waals surface area contributed by atoms with Gasteiger partial charge in [0.1, 0.15) is 17.2 Å². The summed E-state index contributed by atoms with van der Waals surface area (Å²) in [7, 11) is 0. The van der Waals surface area contributed by atoms with E-state index in [2.05, 4.69) is 31.0 Å². The van der Waals surface area contributed by atoms with Gasteiger partial charge in [-0.2, -0.15) is 10.2 Å². The summed E-state index contributed by atoms with van der Waals surface area (Å²) in [5.74, 6) is 2.05. The van der Waals surface area contributed by atoms with Crippen molar-refractivity contribution in [2.45, 2.75) is 40.0 Å². The zero-order chi connectivity index (χ0) is 24.2. The molecule has 0 aliphatic heterocycles. The molecule has 6 heteroatoms. The van der Waals surface area contributed by atoms with Gasteiger partial charge in [-0.1, -0.05) is 33.6 Å². The molecular formula is C28H32N2O4. The molecule has 0 saturated carbocycles. The summed E-state index contributed by atoms with van der Waals surface area (Å²) in [5, 5.41) is 8.47. The third-order valence-corrected chi connectivity index (χ3v) is 4.85. The van der Waals surface area contributed by atoms with Gasteiger partial charge in [-0.15, -0.1) is 0 Å². The van der Waals surface area contributed by atoms with Crippen LogP contribution in [-0.2, 0) is 0 Å². The van der Waals surface area contributed by atoms with Gasteiger partial charge in [0.2, 0.25) is 0 Å². The molecule has 0 amide bonds. The van der Waals surface area contributed by atoms with Crippen molar-refractivity contribution in [3.8, 4) is 17.2 Å². The highest BCUT2D eigenvalue weighted by Crippen LogP contribution is 2.24. The van der Waals surface area contributed by atoms with E-state index in [0.717, 1.165) is 36.4 Å². The number of unbranched alkanes of at least 4 members (excludes halogenated alkanes) is 2. The van der Waals surface area contributed by atoms with Crippen molar-refractivity contribution in [1.82, 2.24) is 0 Å². The van der Waals surface area contributed by atoms with E-state index in [0.29, 0.717) is 36.1 Å². The smallest absolute Gasteiger partial charge is 0.343 e. The van der Waals surface area contributed by atoms with E-state index in [4.69, 9.17) is 14.2 Å². The van der Waals surface area contributed by atoms with Gasteiger partial charge in [0.25, 0.3) is 0 Å². The van der Waals surface area contributed by atoms with Crippen molar-refractivity contribution in [1.29, 1.82) is 0 Å². The Morgan fingerprint density at radius 3 is 1.82 bits per heavy atom. The van der Waals surface area contributed by atoms with E-state index in [1.165, 1.54) is 0 Å². The summed E-state index contributed by atoms with van der Waals surface area (Å²) in [4.78, 5) is 12.4. The van der Waals surface area contributed by atoms with Gasteiger partial charge < -0.3 is 14.2 Å². The van der Waals surface area contributed by atoms with Crippen LogP contribution in [0.2, 0.25) is 0 Å². The van der Waals surface area contributed by atoms with E-state index < -0.39 is 5.97 Å². The average Bonchev–Trinajstić information content (AvgIpc) is 2.86. The van der Waals surface area contributed by atoms with E-state index in [1.807, 2.05) is 24.3 Å². The number of ether oxygens (including phenoxy) is 3. The summed E-state index contributed by atoms with van der Waals surface area (Å²) < 4.78 is 16.8. The number of benzene rings is 3. The lowest BCUT2D eigenvalue weighted by Crippen LogP contribution is -2.08. The molecule has 0 aliphatic carbocycles. The van der Waals surface area contributed by atoms with Crippen molar-refractivity contribution in [2.75, 3.05) is 13.2 Å². The maximum Gasteiger partial charge on any atom is 0.343 e. The predicted octanol–water partition coefficient (Wildman–Crippen LogP) is 7.93. The van der Waals surface area contributed by atoms with Crippen LogP contribution < -0.4 is 14.2 Å². The molecule has 0 fully saturated rings. The highest BCUT2D eigenvalue weighted by Gasteiger charge is 2.09. The summed E-state index contributed by atoms with van der Waals surface area (Å²) in [6.45, 7) is 7.73. The molecular weight excluding hydrogens is 428 g/mol. The summed E-state index contributed by atoms with van der Waals surface area (Å²) in [6, 6.07) is 21.4. The number of nitrogens with zero attached hydrogens (tertiary/aromatic N) is 2. The van der Waals surface area contributed by atoms with E-state index in [1.54, 1.807) is 48.5 Å². The number of carbonyl (C=O) groups is 1. The highest BCUT2D eigenvalue weighted by atomic mass is 16.5. The van der Waals surface area contributed by atoms with E-state index in [9.17, 15) is 4.79 Å². The van der Waals surface area contributed by atoms with Crippen LogP contribution in [0.5, 0.6) is 17.2 Å². The topological polar surface area (TPSA) is 69.5 Å². The second kappa shape index (κ2) is 13.1. The molecule has 0 bridgehead atoms. The number of rotatable bonds is 12. The Morgan fingerprint density at radius 2 is 1.26 bits per heavy atom. The SMILES string of the molecule is CCCCCOc1ccc(C(=O)Oc2ccc(N=Nc3ccc(OCC(C)C)cc3)cc2)cc1. The molecule has 0 unspecified atom stereocenters. The Balaban J connectivity index is 1.49. The molecule has 0 aromatic heterocycles. The molecule has 3 aromatic rings. The number of esters is 1. The third-order valence-electron chi connectivity index (χ3n) is 4.85. The van der Waals surface area contributed by atoms with E-state index >= 15 is 0 Å². The fourth-order valence-electron chi connectivity index (χ4n) is 2.96. The van der Waals surface area contributed by atoms with Gasteiger partial charge in [0.15, 0.2) is 0 Å². The Labute approximate surface area is 201 Å². The maximum atomic E-state index is 12.4. The Kier molecular flexibility index (Phi) is 9.65. The molecule has 6 nitrogen and oxygen atoms in total. The Morgan fingerprint density at radius 1 is 0.735 bits per heavy atom. The first-order valence-electron chi connectivity index (χ1n) is 11.7. The van der Waals surface area contributed by atoms with Gasteiger partial charge in [-0.05, 0) is 85.1 Å². The molecule has 178 valence electrons. The van der Waals surface area contributed by atoms with Crippen LogP contribution in [0, 0.1) is 5.92 Å². The van der Waals surface area contributed by atoms with Gasteiger partial charge >= 0.3 is 5.97 Å². The first kappa shape index (κ1) is 25.0. The predicted molar refractivity (Wildman–Crippen MR) is 134 cm³/mol. The van der Waals surface area contributed by atoms with Crippen molar-refractivity contribution >= 4 is 17.3 Å². The van der Waals surface area contributed by atoms with Crippen LogP contribution >= 0.6 is 0 Å². The Bertz CT molecular complexity index is 1040. The van der Waals surface area contributed by atoms with Crippen LogP contribution in [0.25, 0.3) is 0 Å². The number of carbonyl (C=O) groups excluding carboxylic acids is 1. The highest BCUT2D eigenvalue weighted by molar-refractivity contribution is 5.91. The zero-order valence-corrected chi connectivity index (χ0v) is 20.1. The number of azo groups is 1. The monoisotopic (exact) mass is 460 g/mol. The maximum absolute atomic E-state index is 12.4. The lowest BCUT2D eigenvalue weighted by molar-refractivity contribution is 0.0734. The molecule has 0 N–H and O–H groups in total. The minimum Gasteiger partial charge on any atom is -0.494 e. The third kappa shape index (κ3) is 8.35. The average molecular weight is 461 g/mol. The van der Waals surface area contributed by atoms with Gasteiger partial charge in [0.05, 0.1) is 30.2 Å². The Hall–Kier alpha value is -3.67. The zero-order valence-electron chi connectivity index (χ0n) is 20.1. The number of hydrogen-bond donors (Lipinski definition) is 0. The van der Waals surface area contributed by atoms with Crippen molar-refractivity contribution in [3.05, 3.63) is 78.4 Å². The molecule has 0 aliphatic rings. The van der Waals surface area contributed by atoms with Gasteiger partial charge in [0, 0.05) is 0 Å². The fraction of sp³-hybridized carbons (Fsp3) is 0.321. The van der Waals surface area contributed by atoms with Crippen LogP contribution in [0.1, 0.15) is 50.4 Å². The van der Waals surface area contributed by atoms with Gasteiger partial charge in [-0.3, -0.25) is 0 Å². The molecule has 34 heavy (non-hydrogen) atoms. The lowest BCUT2D eigenvalue weighted by Gasteiger charge is -2.08. The second-order valence-electron chi connectivity index (χ2n) is 8.36. The largest absolute Gasteiger partial charge is 0.494 e. The molecule has 3 rings (SSSR count). The first-order chi connectivity index (χ1) is 16.5. The molecule has 0 saturated heterocycles. The fourth-order valence-corrected chi connectivity index (χ4v) is 2.96. The summed E-state index contributed by atoms with van der Waals surface area (Å²) in [6.07, 6.45) is 3.32. The summed E-state index contributed by atoms with van der Waals surface area (Å²) in [5.41, 5.74) is 1.85. The van der Waals surface area contributed by atoms with Crippen molar-refractivity contribution in [3.63, 3.8) is 0 Å². The quantitative estimate of drug-likeness (QED) is 0.119. The van der Waals surface area contributed by atoms with Crippen LogP contribution in [0.3, 0.4) is 0 Å². The molecule has 3 aromatic carbocycles. The van der Waals surface area contributed by atoms with Crippen molar-refractivity contribution < 1.29 is 19.0 Å². The van der Waals surface area contributed by atoms with E-state index in [-0.39, 0.29) is 0 Å². The lowest BCUT2D eigenvalue weighted by atomic mass is 10.2. The number of hydrogen-bond acceptors (Lipinski definition) is 6. The molecule has 0 atom stereocenters. The normalized spacial score (nSPS) is 11.1. The molecule has 0 radical (unpaired) electrons. The van der Waals surface area contributed by atoms with Crippen molar-refractivity contribution in [2.24, 2.45) is 16.1 Å². The van der Waals surface area contributed by atoms with Gasteiger partial charge in [-0.25, -0.2) is 4.79 Å². The second-order valence-corrected chi connectivity index (χ2v) is 8.36. The summed E-state index contributed by atoms with van der Waals surface area (Å²) >= 11 is 0. The minimum absolute atomic E-state index is 0.424. The first-order valence-corrected chi connectivity index (χ1v) is 11.7.